The molecular weight excluding hydrogens is 320 g/mol. The number of nitrogens with zero attached hydrogens (tertiary/aromatic N) is 1. The second-order valence-corrected chi connectivity index (χ2v) is 8.26. The van der Waals surface area contributed by atoms with Crippen LogP contribution < -0.4 is 5.32 Å². The van der Waals surface area contributed by atoms with Gasteiger partial charge in [-0.3, -0.25) is 4.79 Å². The molecule has 3 aromatic rings. The Kier molecular flexibility index (Phi) is 3.84. The minimum absolute atomic E-state index is 0.0507. The number of hydrogen-bond acceptors (Lipinski definition) is 5. The zero-order valence-electron chi connectivity index (χ0n) is 11.9. The SMILES string of the molecule is CCS(=O)(=O)CC(=O)Nc1nc2c(ccc3ccccc32)s1. The lowest BCUT2D eigenvalue weighted by Gasteiger charge is -2.01. The van der Waals surface area contributed by atoms with Crippen LogP contribution in [-0.4, -0.2) is 30.8 Å². The van der Waals surface area contributed by atoms with Gasteiger partial charge in [0.25, 0.3) is 0 Å². The molecule has 0 unspecified atom stereocenters. The molecule has 5 nitrogen and oxygen atoms in total. The summed E-state index contributed by atoms with van der Waals surface area (Å²) in [5.41, 5.74) is 0.816. The van der Waals surface area contributed by atoms with Crippen molar-refractivity contribution in [1.29, 1.82) is 0 Å². The Balaban J connectivity index is 1.93. The van der Waals surface area contributed by atoms with Gasteiger partial charge >= 0.3 is 0 Å². The van der Waals surface area contributed by atoms with Crippen LogP contribution in [0.25, 0.3) is 21.0 Å². The van der Waals surface area contributed by atoms with E-state index in [0.29, 0.717) is 5.13 Å². The average Bonchev–Trinajstić information content (AvgIpc) is 2.89. The van der Waals surface area contributed by atoms with Gasteiger partial charge in [0.2, 0.25) is 5.91 Å². The molecule has 0 aliphatic heterocycles. The summed E-state index contributed by atoms with van der Waals surface area (Å²) in [4.78, 5) is 16.2. The number of fused-ring (bicyclic) bond motifs is 3. The number of sulfone groups is 1. The molecule has 0 aliphatic carbocycles. The number of amides is 1. The number of carbonyl (C=O) groups excluding carboxylic acids is 1. The van der Waals surface area contributed by atoms with Crippen LogP contribution >= 0.6 is 11.3 Å². The minimum Gasteiger partial charge on any atom is -0.301 e. The molecule has 0 atom stereocenters. The number of anilines is 1. The van der Waals surface area contributed by atoms with Gasteiger partial charge in [0, 0.05) is 11.1 Å². The van der Waals surface area contributed by atoms with Crippen LogP contribution in [0.15, 0.2) is 36.4 Å². The predicted octanol–water partition coefficient (Wildman–Crippen LogP) is 2.82. The van der Waals surface area contributed by atoms with Crippen molar-refractivity contribution in [2.45, 2.75) is 6.92 Å². The Morgan fingerprint density at radius 3 is 2.77 bits per heavy atom. The molecule has 0 spiro atoms. The van der Waals surface area contributed by atoms with E-state index in [9.17, 15) is 13.2 Å². The molecular formula is C15H14N2O3S2. The van der Waals surface area contributed by atoms with Crippen LogP contribution in [0.1, 0.15) is 6.92 Å². The quantitative estimate of drug-likeness (QED) is 0.796. The fraction of sp³-hybridized carbons (Fsp3) is 0.200. The van der Waals surface area contributed by atoms with Crippen molar-refractivity contribution in [2.75, 3.05) is 16.8 Å². The molecule has 0 aliphatic rings. The van der Waals surface area contributed by atoms with Gasteiger partial charge in [-0.25, -0.2) is 13.4 Å². The van der Waals surface area contributed by atoms with Gasteiger partial charge in [-0.15, -0.1) is 0 Å². The van der Waals surface area contributed by atoms with Crippen LogP contribution in [0.4, 0.5) is 5.13 Å². The van der Waals surface area contributed by atoms with Gasteiger partial charge in [-0.05, 0) is 11.5 Å². The molecule has 3 rings (SSSR count). The third-order valence-electron chi connectivity index (χ3n) is 3.32. The Hall–Kier alpha value is -1.99. The Morgan fingerprint density at radius 1 is 1.23 bits per heavy atom. The summed E-state index contributed by atoms with van der Waals surface area (Å²) in [7, 11) is -3.34. The van der Waals surface area contributed by atoms with E-state index in [-0.39, 0.29) is 5.75 Å². The molecule has 114 valence electrons. The highest BCUT2D eigenvalue weighted by atomic mass is 32.2. The molecule has 0 radical (unpaired) electrons. The molecule has 0 fully saturated rings. The lowest BCUT2D eigenvalue weighted by Crippen LogP contribution is -2.23. The monoisotopic (exact) mass is 334 g/mol. The lowest BCUT2D eigenvalue weighted by atomic mass is 10.1. The third kappa shape index (κ3) is 2.95. The van der Waals surface area contributed by atoms with Crippen LogP contribution in [0, 0.1) is 0 Å². The highest BCUT2D eigenvalue weighted by Crippen LogP contribution is 2.31. The number of aromatic nitrogens is 1. The average molecular weight is 334 g/mol. The van der Waals surface area contributed by atoms with Crippen molar-refractivity contribution in [2.24, 2.45) is 0 Å². The first-order valence-corrected chi connectivity index (χ1v) is 9.41. The van der Waals surface area contributed by atoms with E-state index in [1.807, 2.05) is 36.4 Å². The van der Waals surface area contributed by atoms with Crippen LogP contribution in [0.3, 0.4) is 0 Å². The fourth-order valence-electron chi connectivity index (χ4n) is 2.17. The number of carbonyl (C=O) groups is 1. The highest BCUT2D eigenvalue weighted by molar-refractivity contribution is 7.92. The maximum absolute atomic E-state index is 11.8. The van der Waals surface area contributed by atoms with Crippen molar-refractivity contribution in [3.05, 3.63) is 36.4 Å². The normalized spacial score (nSPS) is 11.9. The summed E-state index contributed by atoms with van der Waals surface area (Å²) in [6.45, 7) is 1.52. The van der Waals surface area contributed by atoms with Gasteiger partial charge in [0.05, 0.1) is 10.2 Å². The van der Waals surface area contributed by atoms with E-state index < -0.39 is 21.5 Å². The van der Waals surface area contributed by atoms with Crippen LogP contribution in [0.5, 0.6) is 0 Å². The van der Waals surface area contributed by atoms with Gasteiger partial charge in [0.1, 0.15) is 5.75 Å². The van der Waals surface area contributed by atoms with E-state index in [2.05, 4.69) is 10.3 Å². The fourth-order valence-corrected chi connectivity index (χ4v) is 3.75. The van der Waals surface area contributed by atoms with Gasteiger partial charge in [-0.2, -0.15) is 0 Å². The largest absolute Gasteiger partial charge is 0.301 e. The summed E-state index contributed by atoms with van der Waals surface area (Å²) < 4.78 is 23.9. The number of benzene rings is 2. The Bertz CT molecular complexity index is 961. The predicted molar refractivity (Wildman–Crippen MR) is 90.1 cm³/mol. The van der Waals surface area contributed by atoms with Crippen molar-refractivity contribution >= 4 is 53.2 Å². The van der Waals surface area contributed by atoms with E-state index in [1.165, 1.54) is 18.3 Å². The van der Waals surface area contributed by atoms with Gasteiger partial charge < -0.3 is 5.32 Å². The molecule has 1 N–H and O–H groups in total. The lowest BCUT2D eigenvalue weighted by molar-refractivity contribution is -0.113. The van der Waals surface area contributed by atoms with E-state index in [4.69, 9.17) is 0 Å². The maximum Gasteiger partial charge on any atom is 0.241 e. The smallest absolute Gasteiger partial charge is 0.241 e. The standard InChI is InChI=1S/C15H14N2O3S2/c1-2-22(19,20)9-13(18)16-15-17-14-11-6-4-3-5-10(11)7-8-12(14)21-15/h3-8H,2,9H2,1H3,(H,16,17,18). The Morgan fingerprint density at radius 2 is 2.00 bits per heavy atom. The zero-order valence-corrected chi connectivity index (χ0v) is 13.5. The zero-order chi connectivity index (χ0) is 15.7. The molecule has 0 saturated carbocycles. The van der Waals surface area contributed by atoms with E-state index in [0.717, 1.165) is 21.0 Å². The minimum atomic E-state index is -3.34. The first kappa shape index (κ1) is 14.9. The van der Waals surface area contributed by atoms with Gasteiger partial charge in [-0.1, -0.05) is 48.6 Å². The molecule has 2 aromatic carbocycles. The van der Waals surface area contributed by atoms with E-state index in [1.54, 1.807) is 0 Å². The van der Waals surface area contributed by atoms with Crippen molar-refractivity contribution in [3.63, 3.8) is 0 Å². The summed E-state index contributed by atoms with van der Waals surface area (Å²) in [6.07, 6.45) is 0. The van der Waals surface area contributed by atoms with Gasteiger partial charge in [0.15, 0.2) is 15.0 Å². The number of hydrogen-bond donors (Lipinski definition) is 1. The molecule has 0 bridgehead atoms. The van der Waals surface area contributed by atoms with E-state index >= 15 is 0 Å². The molecule has 7 heteroatoms. The summed E-state index contributed by atoms with van der Waals surface area (Å²) in [5.74, 6) is -1.12. The van der Waals surface area contributed by atoms with Crippen LogP contribution in [-0.2, 0) is 14.6 Å². The second-order valence-electron chi connectivity index (χ2n) is 4.88. The Labute approximate surface area is 131 Å². The number of thiazole rings is 1. The number of rotatable bonds is 4. The van der Waals surface area contributed by atoms with Crippen molar-refractivity contribution in [1.82, 2.24) is 4.98 Å². The molecule has 22 heavy (non-hydrogen) atoms. The first-order valence-electron chi connectivity index (χ1n) is 6.77. The number of nitrogens with one attached hydrogen (secondary N) is 1. The molecule has 1 amide bonds. The summed E-state index contributed by atoms with van der Waals surface area (Å²) in [6, 6.07) is 11.8. The summed E-state index contributed by atoms with van der Waals surface area (Å²) >= 11 is 1.34. The van der Waals surface area contributed by atoms with Crippen molar-refractivity contribution < 1.29 is 13.2 Å². The summed E-state index contributed by atoms with van der Waals surface area (Å²) in [5, 5.41) is 5.08. The van der Waals surface area contributed by atoms with Crippen LogP contribution in [0.2, 0.25) is 0 Å². The molecule has 1 heterocycles. The second kappa shape index (κ2) is 5.66. The topological polar surface area (TPSA) is 76.1 Å². The third-order valence-corrected chi connectivity index (χ3v) is 5.84. The molecule has 0 saturated heterocycles. The first-order chi connectivity index (χ1) is 10.5. The highest BCUT2D eigenvalue weighted by Gasteiger charge is 2.16. The van der Waals surface area contributed by atoms with Crippen molar-refractivity contribution in [3.8, 4) is 0 Å². The molecule has 1 aromatic heterocycles. The maximum atomic E-state index is 11.8.